The van der Waals surface area contributed by atoms with E-state index in [1.165, 1.54) is 0 Å². The number of amides is 1. The smallest absolute Gasteiger partial charge is 0.227 e. The van der Waals surface area contributed by atoms with Crippen molar-refractivity contribution in [3.63, 3.8) is 0 Å². The van der Waals surface area contributed by atoms with Gasteiger partial charge in [0.05, 0.1) is 5.69 Å². The molecule has 3 rings (SSSR count). The largest absolute Gasteiger partial charge is 0.328 e. The highest BCUT2D eigenvalue weighted by Gasteiger charge is 2.28. The van der Waals surface area contributed by atoms with Gasteiger partial charge in [0.25, 0.3) is 0 Å². The van der Waals surface area contributed by atoms with Gasteiger partial charge in [-0.15, -0.1) is 0 Å². The van der Waals surface area contributed by atoms with E-state index >= 15 is 0 Å². The van der Waals surface area contributed by atoms with Gasteiger partial charge in [-0.1, -0.05) is 0 Å². The van der Waals surface area contributed by atoms with Crippen molar-refractivity contribution in [1.82, 2.24) is 9.97 Å². The molecular formula is C18H24N4O. The van der Waals surface area contributed by atoms with Gasteiger partial charge < -0.3 is 11.1 Å². The second-order valence-corrected chi connectivity index (χ2v) is 6.64. The summed E-state index contributed by atoms with van der Waals surface area (Å²) in [4.78, 5) is 21.3. The lowest BCUT2D eigenvalue weighted by Crippen LogP contribution is -2.33. The summed E-state index contributed by atoms with van der Waals surface area (Å²) in [6.45, 7) is 3.99. The number of hydrogen-bond donors (Lipinski definition) is 2. The van der Waals surface area contributed by atoms with Crippen molar-refractivity contribution in [2.75, 3.05) is 5.32 Å². The quantitative estimate of drug-likeness (QED) is 0.913. The number of aromatic nitrogens is 2. The number of hydrogen-bond acceptors (Lipinski definition) is 4. The first-order valence-corrected chi connectivity index (χ1v) is 8.33. The molecule has 1 saturated carbocycles. The molecule has 2 aromatic rings. The van der Waals surface area contributed by atoms with Crippen molar-refractivity contribution in [3.05, 3.63) is 30.1 Å². The fourth-order valence-electron chi connectivity index (χ4n) is 3.37. The van der Waals surface area contributed by atoms with Gasteiger partial charge >= 0.3 is 0 Å². The summed E-state index contributed by atoms with van der Waals surface area (Å²) in [6, 6.07) is 5.96. The number of nitrogens with one attached hydrogen (secondary N) is 1. The molecule has 23 heavy (non-hydrogen) atoms. The van der Waals surface area contributed by atoms with Crippen LogP contribution in [0.5, 0.6) is 0 Å². The summed E-state index contributed by atoms with van der Waals surface area (Å²) in [5.41, 5.74) is 8.35. The molecule has 122 valence electrons. The number of aryl methyl sites for hydroxylation is 1. The van der Waals surface area contributed by atoms with Gasteiger partial charge in [0.1, 0.15) is 0 Å². The molecule has 1 aliphatic carbocycles. The van der Waals surface area contributed by atoms with Crippen LogP contribution >= 0.6 is 0 Å². The molecule has 0 aromatic carbocycles. The van der Waals surface area contributed by atoms with E-state index < -0.39 is 0 Å². The summed E-state index contributed by atoms with van der Waals surface area (Å²) in [7, 11) is 0. The number of carbonyl (C=O) groups excluding carboxylic acids is 1. The van der Waals surface area contributed by atoms with Crippen LogP contribution in [0, 0.1) is 18.8 Å². The summed E-state index contributed by atoms with van der Waals surface area (Å²) >= 11 is 0. The topological polar surface area (TPSA) is 80.9 Å². The van der Waals surface area contributed by atoms with E-state index in [-0.39, 0.29) is 17.9 Å². The SMILES string of the molecule is Cc1ccc2c(NC(=O)C3CCC(C(C)N)CC3)ccnc2n1. The number of nitrogens with zero attached hydrogens (tertiary/aromatic N) is 2. The monoisotopic (exact) mass is 312 g/mol. The molecule has 1 aliphatic rings. The maximum absolute atomic E-state index is 12.6. The van der Waals surface area contributed by atoms with E-state index in [2.05, 4.69) is 22.2 Å². The number of rotatable bonds is 3. The van der Waals surface area contributed by atoms with Gasteiger partial charge in [0, 0.05) is 29.2 Å². The van der Waals surface area contributed by atoms with Gasteiger partial charge in [-0.2, -0.15) is 0 Å². The van der Waals surface area contributed by atoms with E-state index in [0.717, 1.165) is 42.5 Å². The normalized spacial score (nSPS) is 22.7. The van der Waals surface area contributed by atoms with Crippen molar-refractivity contribution in [3.8, 4) is 0 Å². The Morgan fingerprint density at radius 3 is 2.70 bits per heavy atom. The molecule has 0 bridgehead atoms. The van der Waals surface area contributed by atoms with Crippen LogP contribution in [0.4, 0.5) is 5.69 Å². The predicted molar refractivity (Wildman–Crippen MR) is 92.0 cm³/mol. The molecule has 2 aromatic heterocycles. The van der Waals surface area contributed by atoms with Gasteiger partial charge in [-0.3, -0.25) is 4.79 Å². The van der Waals surface area contributed by atoms with Crippen molar-refractivity contribution in [2.24, 2.45) is 17.6 Å². The molecule has 0 aliphatic heterocycles. The van der Waals surface area contributed by atoms with E-state index in [1.54, 1.807) is 6.20 Å². The maximum Gasteiger partial charge on any atom is 0.227 e. The minimum absolute atomic E-state index is 0.0756. The molecule has 2 heterocycles. The third-order valence-corrected chi connectivity index (χ3v) is 4.89. The van der Waals surface area contributed by atoms with E-state index in [0.29, 0.717) is 11.6 Å². The maximum atomic E-state index is 12.6. The molecule has 5 heteroatoms. The number of nitrogens with two attached hydrogens (primary N) is 1. The lowest BCUT2D eigenvalue weighted by Gasteiger charge is -2.30. The fraction of sp³-hybridized carbons (Fsp3) is 0.500. The molecular weight excluding hydrogens is 288 g/mol. The first-order chi connectivity index (χ1) is 11.0. The molecule has 1 fully saturated rings. The van der Waals surface area contributed by atoms with E-state index in [4.69, 9.17) is 5.73 Å². The van der Waals surface area contributed by atoms with E-state index in [1.807, 2.05) is 25.1 Å². The Labute approximate surface area is 136 Å². The fourth-order valence-corrected chi connectivity index (χ4v) is 3.37. The zero-order valence-electron chi connectivity index (χ0n) is 13.7. The Balaban J connectivity index is 1.71. The van der Waals surface area contributed by atoms with Gasteiger partial charge in [-0.25, -0.2) is 9.97 Å². The van der Waals surface area contributed by atoms with Crippen molar-refractivity contribution in [1.29, 1.82) is 0 Å². The van der Waals surface area contributed by atoms with Crippen LogP contribution in [0.25, 0.3) is 11.0 Å². The Morgan fingerprint density at radius 2 is 2.00 bits per heavy atom. The minimum atomic E-state index is 0.0756. The minimum Gasteiger partial charge on any atom is -0.328 e. The molecule has 1 amide bonds. The number of anilines is 1. The second-order valence-electron chi connectivity index (χ2n) is 6.64. The number of fused-ring (bicyclic) bond motifs is 1. The highest BCUT2D eigenvalue weighted by molar-refractivity contribution is 6.00. The first-order valence-electron chi connectivity index (χ1n) is 8.33. The first kappa shape index (κ1) is 15.9. The molecule has 5 nitrogen and oxygen atoms in total. The Hall–Kier alpha value is -2.01. The van der Waals surface area contributed by atoms with E-state index in [9.17, 15) is 4.79 Å². The molecule has 1 unspecified atom stereocenters. The van der Waals surface area contributed by atoms with Crippen LogP contribution in [0.1, 0.15) is 38.3 Å². The summed E-state index contributed by atoms with van der Waals surface area (Å²) in [5, 5.41) is 3.95. The zero-order chi connectivity index (χ0) is 16.4. The van der Waals surface area contributed by atoms with Gasteiger partial charge in [0.15, 0.2) is 5.65 Å². The highest BCUT2D eigenvalue weighted by Crippen LogP contribution is 2.31. The number of pyridine rings is 2. The Morgan fingerprint density at radius 1 is 1.26 bits per heavy atom. The Kier molecular flexibility index (Phi) is 4.57. The van der Waals surface area contributed by atoms with Crippen molar-refractivity contribution >= 4 is 22.6 Å². The molecule has 3 N–H and O–H groups in total. The summed E-state index contributed by atoms with van der Waals surface area (Å²) < 4.78 is 0. The van der Waals surface area contributed by atoms with Crippen molar-refractivity contribution in [2.45, 2.75) is 45.6 Å². The third-order valence-electron chi connectivity index (χ3n) is 4.89. The second kappa shape index (κ2) is 6.62. The lowest BCUT2D eigenvalue weighted by molar-refractivity contribution is -0.121. The number of carbonyl (C=O) groups is 1. The molecule has 0 spiro atoms. The van der Waals surface area contributed by atoms with Crippen LogP contribution in [0.3, 0.4) is 0 Å². The molecule has 1 atom stereocenters. The average molecular weight is 312 g/mol. The molecule has 0 radical (unpaired) electrons. The average Bonchev–Trinajstić information content (AvgIpc) is 2.54. The van der Waals surface area contributed by atoms with Crippen LogP contribution in [0.2, 0.25) is 0 Å². The highest BCUT2D eigenvalue weighted by atomic mass is 16.1. The zero-order valence-corrected chi connectivity index (χ0v) is 13.7. The standard InChI is InChI=1S/C18H24N4O/c1-11-3-8-15-16(9-10-20-17(15)21-11)22-18(23)14-6-4-13(5-7-14)12(2)19/h3,8-10,12-14H,4-7,19H2,1-2H3,(H,20,21,22,23). The van der Waals surface area contributed by atoms with Crippen LogP contribution in [0.15, 0.2) is 24.4 Å². The third kappa shape index (κ3) is 3.50. The summed E-state index contributed by atoms with van der Waals surface area (Å²) in [5.74, 6) is 0.723. The van der Waals surface area contributed by atoms with Crippen molar-refractivity contribution < 1.29 is 4.79 Å². The summed E-state index contributed by atoms with van der Waals surface area (Å²) in [6.07, 6.45) is 5.59. The Bertz CT molecular complexity index is 705. The van der Waals surface area contributed by atoms with Gasteiger partial charge in [0.2, 0.25) is 5.91 Å². The predicted octanol–water partition coefficient (Wildman–Crippen LogP) is 3.03. The van der Waals surface area contributed by atoms with Gasteiger partial charge in [-0.05, 0) is 63.6 Å². The van der Waals surface area contributed by atoms with Crippen LogP contribution in [-0.4, -0.2) is 21.9 Å². The van der Waals surface area contributed by atoms with Crippen LogP contribution < -0.4 is 11.1 Å². The van der Waals surface area contributed by atoms with Crippen LogP contribution in [-0.2, 0) is 4.79 Å². The molecule has 0 saturated heterocycles. The lowest BCUT2D eigenvalue weighted by atomic mass is 9.79.